The van der Waals surface area contributed by atoms with Crippen LogP contribution in [-0.4, -0.2) is 36.6 Å². The molecule has 5 atom stereocenters. The van der Waals surface area contributed by atoms with Crippen LogP contribution in [0.4, 0.5) is 0 Å². The van der Waals surface area contributed by atoms with Gasteiger partial charge in [-0.1, -0.05) is 6.42 Å². The summed E-state index contributed by atoms with van der Waals surface area (Å²) < 4.78 is 0. The van der Waals surface area contributed by atoms with E-state index in [9.17, 15) is 0 Å². The van der Waals surface area contributed by atoms with Crippen molar-refractivity contribution in [3.8, 4) is 0 Å². The number of nitrogens with one attached hydrogen (secondary N) is 1. The molecule has 2 nitrogen and oxygen atoms in total. The Labute approximate surface area is 113 Å². The van der Waals surface area contributed by atoms with E-state index in [0.717, 1.165) is 17.8 Å². The fraction of sp³-hybridized carbons (Fsp3) is 1.00. The summed E-state index contributed by atoms with van der Waals surface area (Å²) in [7, 11) is 0. The van der Waals surface area contributed by atoms with Crippen molar-refractivity contribution in [2.45, 2.75) is 64.5 Å². The second kappa shape index (κ2) is 5.50. The van der Waals surface area contributed by atoms with Crippen LogP contribution in [-0.2, 0) is 0 Å². The molecule has 1 aliphatic heterocycles. The molecule has 3 rings (SSSR count). The van der Waals surface area contributed by atoms with Crippen molar-refractivity contribution in [2.24, 2.45) is 17.8 Å². The van der Waals surface area contributed by atoms with E-state index in [2.05, 4.69) is 24.1 Å². The van der Waals surface area contributed by atoms with Crippen LogP contribution in [0, 0.1) is 17.8 Å². The molecule has 1 heterocycles. The van der Waals surface area contributed by atoms with Crippen LogP contribution < -0.4 is 5.32 Å². The van der Waals surface area contributed by atoms with Crippen molar-refractivity contribution in [1.29, 1.82) is 0 Å². The molecule has 0 radical (unpaired) electrons. The fourth-order valence-corrected chi connectivity index (χ4v) is 4.63. The molecule has 5 unspecified atom stereocenters. The van der Waals surface area contributed by atoms with Crippen molar-refractivity contribution < 1.29 is 0 Å². The molecule has 2 aliphatic carbocycles. The summed E-state index contributed by atoms with van der Waals surface area (Å²) >= 11 is 0. The van der Waals surface area contributed by atoms with Crippen LogP contribution in [0.2, 0.25) is 0 Å². The van der Waals surface area contributed by atoms with E-state index in [-0.39, 0.29) is 0 Å². The maximum atomic E-state index is 3.70. The molecule has 104 valence electrons. The largest absolute Gasteiger partial charge is 0.312 e. The molecule has 0 aromatic rings. The van der Waals surface area contributed by atoms with Gasteiger partial charge in [-0.15, -0.1) is 0 Å². The van der Waals surface area contributed by atoms with Gasteiger partial charge in [0, 0.05) is 18.6 Å². The van der Waals surface area contributed by atoms with Crippen molar-refractivity contribution in [2.75, 3.05) is 19.6 Å². The Kier molecular flexibility index (Phi) is 3.95. The zero-order valence-corrected chi connectivity index (χ0v) is 12.2. The van der Waals surface area contributed by atoms with Gasteiger partial charge in [0.2, 0.25) is 0 Å². The molecule has 0 aromatic heterocycles. The van der Waals surface area contributed by atoms with Crippen LogP contribution in [0.25, 0.3) is 0 Å². The Morgan fingerprint density at radius 2 is 1.67 bits per heavy atom. The summed E-state index contributed by atoms with van der Waals surface area (Å²) in [6.45, 7) is 8.72. The molecule has 2 saturated carbocycles. The van der Waals surface area contributed by atoms with Gasteiger partial charge in [0.25, 0.3) is 0 Å². The summed E-state index contributed by atoms with van der Waals surface area (Å²) in [6.07, 6.45) is 8.84. The summed E-state index contributed by atoms with van der Waals surface area (Å²) in [4.78, 5) is 2.78. The quantitative estimate of drug-likeness (QED) is 0.811. The van der Waals surface area contributed by atoms with E-state index in [1.54, 1.807) is 19.3 Å². The van der Waals surface area contributed by atoms with Gasteiger partial charge in [0.1, 0.15) is 0 Å². The second-order valence-corrected chi connectivity index (χ2v) is 7.28. The third kappa shape index (κ3) is 2.91. The normalized spacial score (nSPS) is 46.0. The minimum Gasteiger partial charge on any atom is -0.312 e. The lowest BCUT2D eigenvalue weighted by Gasteiger charge is -2.34. The predicted octanol–water partition coefficient (Wildman–Crippen LogP) is 2.89. The van der Waals surface area contributed by atoms with Crippen molar-refractivity contribution in [3.63, 3.8) is 0 Å². The van der Waals surface area contributed by atoms with Crippen LogP contribution in [0.15, 0.2) is 0 Å². The molecule has 2 heteroatoms. The Bertz CT molecular complexity index is 266. The van der Waals surface area contributed by atoms with Crippen LogP contribution >= 0.6 is 0 Å². The van der Waals surface area contributed by atoms with Gasteiger partial charge in [-0.05, 0) is 76.8 Å². The van der Waals surface area contributed by atoms with Crippen LogP contribution in [0.1, 0.15) is 52.4 Å². The van der Waals surface area contributed by atoms with Gasteiger partial charge >= 0.3 is 0 Å². The van der Waals surface area contributed by atoms with E-state index in [4.69, 9.17) is 0 Å². The average molecular weight is 250 g/mol. The summed E-state index contributed by atoms with van der Waals surface area (Å²) in [5.41, 5.74) is 0. The lowest BCUT2D eigenvalue weighted by Crippen LogP contribution is -2.44. The number of rotatable bonds is 2. The molecular formula is C16H30N2. The lowest BCUT2D eigenvalue weighted by molar-refractivity contribution is 0.164. The first-order valence-corrected chi connectivity index (χ1v) is 8.19. The first kappa shape index (κ1) is 12.9. The lowest BCUT2D eigenvalue weighted by atomic mass is 9.88. The van der Waals surface area contributed by atoms with Gasteiger partial charge in [-0.2, -0.15) is 0 Å². The van der Waals surface area contributed by atoms with Crippen LogP contribution in [0.3, 0.4) is 0 Å². The highest BCUT2D eigenvalue weighted by Crippen LogP contribution is 2.48. The minimum atomic E-state index is 0.697. The number of nitrogens with zero attached hydrogens (tertiary/aromatic N) is 1. The monoisotopic (exact) mass is 250 g/mol. The van der Waals surface area contributed by atoms with Crippen molar-refractivity contribution in [1.82, 2.24) is 10.2 Å². The average Bonchev–Trinajstić information content (AvgIpc) is 2.92. The molecule has 1 N–H and O–H groups in total. The highest BCUT2D eigenvalue weighted by molar-refractivity contribution is 4.91. The van der Waals surface area contributed by atoms with Crippen molar-refractivity contribution in [3.05, 3.63) is 0 Å². The van der Waals surface area contributed by atoms with Gasteiger partial charge in [0.05, 0.1) is 0 Å². The first-order valence-electron chi connectivity index (χ1n) is 8.19. The Morgan fingerprint density at radius 1 is 0.944 bits per heavy atom. The predicted molar refractivity (Wildman–Crippen MR) is 76.7 cm³/mol. The smallest absolute Gasteiger partial charge is 0.00533 e. The van der Waals surface area contributed by atoms with Gasteiger partial charge in [-0.25, -0.2) is 0 Å². The van der Waals surface area contributed by atoms with E-state index >= 15 is 0 Å². The molecule has 1 saturated heterocycles. The van der Waals surface area contributed by atoms with Gasteiger partial charge in [0.15, 0.2) is 0 Å². The van der Waals surface area contributed by atoms with E-state index in [1.807, 2.05) is 0 Å². The third-order valence-corrected chi connectivity index (χ3v) is 5.70. The molecule has 0 aromatic carbocycles. The molecular weight excluding hydrogens is 220 g/mol. The Hall–Kier alpha value is -0.0800. The molecule has 3 fully saturated rings. The Balaban J connectivity index is 1.52. The minimum absolute atomic E-state index is 0.697. The number of fused-ring (bicyclic) bond motifs is 2. The molecule has 2 bridgehead atoms. The summed E-state index contributed by atoms with van der Waals surface area (Å²) in [5.74, 6) is 3.24. The zero-order chi connectivity index (χ0) is 12.5. The maximum absolute atomic E-state index is 3.70. The van der Waals surface area contributed by atoms with E-state index < -0.39 is 0 Å². The van der Waals surface area contributed by atoms with Gasteiger partial charge < -0.3 is 10.2 Å². The topological polar surface area (TPSA) is 15.3 Å². The van der Waals surface area contributed by atoms with Crippen LogP contribution in [0.5, 0.6) is 0 Å². The van der Waals surface area contributed by atoms with Gasteiger partial charge in [-0.3, -0.25) is 0 Å². The fourth-order valence-electron chi connectivity index (χ4n) is 4.63. The van der Waals surface area contributed by atoms with E-state index in [1.165, 1.54) is 38.9 Å². The maximum Gasteiger partial charge on any atom is 0.00533 e. The molecule has 0 spiro atoms. The van der Waals surface area contributed by atoms with Crippen molar-refractivity contribution >= 4 is 0 Å². The zero-order valence-electron chi connectivity index (χ0n) is 12.2. The Morgan fingerprint density at radius 3 is 2.22 bits per heavy atom. The summed E-state index contributed by atoms with van der Waals surface area (Å²) in [6, 6.07) is 1.39. The SMILES string of the molecule is CC1CCN(CC2CC3CCC2C3)CCC(C)N1. The molecule has 0 amide bonds. The molecule has 18 heavy (non-hydrogen) atoms. The number of hydrogen-bond donors (Lipinski definition) is 1. The standard InChI is InChI=1S/C16H30N2/c1-12-5-7-18(8-6-13(2)17-12)11-16-10-14-3-4-15(16)9-14/h12-17H,3-11H2,1-2H3. The highest BCUT2D eigenvalue weighted by atomic mass is 15.1. The second-order valence-electron chi connectivity index (χ2n) is 7.28. The highest BCUT2D eigenvalue weighted by Gasteiger charge is 2.39. The third-order valence-electron chi connectivity index (χ3n) is 5.70. The first-order chi connectivity index (χ1) is 8.70. The summed E-state index contributed by atoms with van der Waals surface area (Å²) in [5, 5.41) is 3.70. The molecule has 3 aliphatic rings. The number of hydrogen-bond acceptors (Lipinski definition) is 2. The van der Waals surface area contributed by atoms with E-state index in [0.29, 0.717) is 12.1 Å².